The number of rotatable bonds is 5. The topological polar surface area (TPSA) is 41.4 Å². The van der Waals surface area contributed by atoms with E-state index < -0.39 is 0 Å². The lowest BCUT2D eigenvalue weighted by molar-refractivity contribution is 0.0715. The lowest BCUT2D eigenvalue weighted by atomic mass is 9.90. The number of aromatic nitrogens is 2. The van der Waals surface area contributed by atoms with Crippen molar-refractivity contribution in [1.82, 2.24) is 19.6 Å². The Balaban J connectivity index is 1.55. The molecule has 27 heavy (non-hydrogen) atoms. The number of fused-ring (bicyclic) bond motifs is 1. The van der Waals surface area contributed by atoms with Crippen LogP contribution in [0.5, 0.6) is 0 Å². The first-order chi connectivity index (χ1) is 13.2. The molecule has 0 radical (unpaired) electrons. The molecule has 1 aliphatic carbocycles. The summed E-state index contributed by atoms with van der Waals surface area (Å²) in [5.74, 6) is 0.152. The van der Waals surface area contributed by atoms with Gasteiger partial charge in [-0.05, 0) is 74.9 Å². The number of hydrogen-bond acceptors (Lipinski definition) is 4. The van der Waals surface area contributed by atoms with Crippen LogP contribution in [0.2, 0.25) is 0 Å². The van der Waals surface area contributed by atoms with E-state index in [2.05, 4.69) is 40.4 Å². The number of likely N-dealkylation sites (tertiary alicyclic amines) is 1. The van der Waals surface area contributed by atoms with Crippen molar-refractivity contribution >= 4 is 17.2 Å². The minimum absolute atomic E-state index is 0.152. The molecular formula is C21H30N4OS. The zero-order valence-electron chi connectivity index (χ0n) is 16.5. The summed E-state index contributed by atoms with van der Waals surface area (Å²) in [7, 11) is 2.21. The maximum absolute atomic E-state index is 13.2. The number of nitrogens with zero attached hydrogens (tertiary/aromatic N) is 4. The number of carbonyl (C=O) groups is 1. The molecule has 0 bridgehead atoms. The largest absolute Gasteiger partial charge is 0.337 e. The van der Waals surface area contributed by atoms with Crippen LogP contribution in [-0.2, 0) is 25.9 Å². The second-order valence-corrected chi connectivity index (χ2v) is 8.67. The zero-order chi connectivity index (χ0) is 18.8. The number of aryl methyl sites for hydroxylation is 1. The number of likely N-dealkylation sites (N-methyl/N-ethyl adjacent to an activating group) is 1. The maximum atomic E-state index is 13.2. The van der Waals surface area contributed by atoms with Crippen molar-refractivity contribution in [2.24, 2.45) is 0 Å². The van der Waals surface area contributed by atoms with Crippen molar-refractivity contribution in [3.8, 4) is 0 Å². The molecule has 0 aromatic carbocycles. The summed E-state index contributed by atoms with van der Waals surface area (Å²) in [5.41, 5.74) is 4.60. The molecule has 6 heteroatoms. The van der Waals surface area contributed by atoms with E-state index in [1.165, 1.54) is 23.2 Å². The van der Waals surface area contributed by atoms with Gasteiger partial charge in [-0.1, -0.05) is 0 Å². The fraction of sp³-hybridized carbons (Fsp3) is 0.619. The lowest BCUT2D eigenvalue weighted by Gasteiger charge is -2.32. The summed E-state index contributed by atoms with van der Waals surface area (Å²) in [4.78, 5) is 17.6. The van der Waals surface area contributed by atoms with Gasteiger partial charge in [0.1, 0.15) is 0 Å². The molecule has 1 aliphatic heterocycles. The van der Waals surface area contributed by atoms with Gasteiger partial charge in [-0.2, -0.15) is 16.4 Å². The fourth-order valence-electron chi connectivity index (χ4n) is 4.53. The molecule has 2 aromatic heterocycles. The molecule has 3 heterocycles. The van der Waals surface area contributed by atoms with E-state index in [0.717, 1.165) is 64.0 Å². The number of amides is 1. The molecule has 0 saturated carbocycles. The number of piperidine rings is 1. The Morgan fingerprint density at radius 1 is 1.33 bits per heavy atom. The van der Waals surface area contributed by atoms with E-state index in [9.17, 15) is 4.79 Å². The summed E-state index contributed by atoms with van der Waals surface area (Å²) >= 11 is 1.76. The van der Waals surface area contributed by atoms with Crippen LogP contribution in [0, 0.1) is 0 Å². The Morgan fingerprint density at radius 2 is 2.15 bits per heavy atom. The Hall–Kier alpha value is -1.66. The van der Waals surface area contributed by atoms with Gasteiger partial charge in [-0.3, -0.25) is 14.4 Å². The third kappa shape index (κ3) is 3.83. The van der Waals surface area contributed by atoms with E-state index in [4.69, 9.17) is 5.10 Å². The zero-order valence-corrected chi connectivity index (χ0v) is 17.3. The highest BCUT2D eigenvalue weighted by atomic mass is 32.1. The molecular weight excluding hydrogens is 356 g/mol. The van der Waals surface area contributed by atoms with Crippen molar-refractivity contribution in [3.05, 3.63) is 39.3 Å². The van der Waals surface area contributed by atoms with E-state index in [1.54, 1.807) is 11.3 Å². The van der Waals surface area contributed by atoms with Crippen molar-refractivity contribution in [1.29, 1.82) is 0 Å². The van der Waals surface area contributed by atoms with Crippen LogP contribution in [-0.4, -0.2) is 51.7 Å². The Bertz CT molecular complexity index is 776. The van der Waals surface area contributed by atoms with Crippen molar-refractivity contribution < 1.29 is 4.79 Å². The van der Waals surface area contributed by atoms with Gasteiger partial charge in [-0.15, -0.1) is 0 Å². The smallest absolute Gasteiger partial charge is 0.274 e. The minimum Gasteiger partial charge on any atom is -0.337 e. The van der Waals surface area contributed by atoms with E-state index >= 15 is 0 Å². The van der Waals surface area contributed by atoms with Crippen molar-refractivity contribution in [2.45, 2.75) is 64.6 Å². The summed E-state index contributed by atoms with van der Waals surface area (Å²) in [6.45, 7) is 5.70. The second kappa shape index (κ2) is 8.15. The number of thiophene rings is 1. The first-order valence-electron chi connectivity index (χ1n) is 10.3. The predicted molar refractivity (Wildman–Crippen MR) is 109 cm³/mol. The van der Waals surface area contributed by atoms with Crippen LogP contribution in [0.4, 0.5) is 0 Å². The van der Waals surface area contributed by atoms with Crippen LogP contribution >= 0.6 is 11.3 Å². The predicted octanol–water partition coefficient (Wildman–Crippen LogP) is 3.58. The minimum atomic E-state index is 0.152. The van der Waals surface area contributed by atoms with Gasteiger partial charge in [0, 0.05) is 43.5 Å². The molecule has 146 valence electrons. The first kappa shape index (κ1) is 18.7. The van der Waals surface area contributed by atoms with Gasteiger partial charge in [0.25, 0.3) is 5.91 Å². The van der Waals surface area contributed by atoms with Crippen LogP contribution in [0.3, 0.4) is 0 Å². The summed E-state index contributed by atoms with van der Waals surface area (Å²) in [5, 5.41) is 9.13. The van der Waals surface area contributed by atoms with E-state index in [0.29, 0.717) is 6.04 Å². The Kier molecular flexibility index (Phi) is 5.64. The Morgan fingerprint density at radius 3 is 2.85 bits per heavy atom. The quantitative estimate of drug-likeness (QED) is 0.789. The van der Waals surface area contributed by atoms with Crippen molar-refractivity contribution in [3.63, 3.8) is 0 Å². The highest BCUT2D eigenvalue weighted by molar-refractivity contribution is 7.07. The molecule has 0 N–H and O–H groups in total. The lowest BCUT2D eigenvalue weighted by Crippen LogP contribution is -2.38. The average molecular weight is 387 g/mol. The van der Waals surface area contributed by atoms with Crippen molar-refractivity contribution in [2.75, 3.05) is 20.1 Å². The molecule has 4 rings (SSSR count). The van der Waals surface area contributed by atoms with Crippen LogP contribution in [0.25, 0.3) is 0 Å². The fourth-order valence-corrected chi connectivity index (χ4v) is 5.19. The van der Waals surface area contributed by atoms with Crippen LogP contribution < -0.4 is 0 Å². The molecule has 0 spiro atoms. The third-order valence-electron chi connectivity index (χ3n) is 6.10. The van der Waals surface area contributed by atoms with Gasteiger partial charge >= 0.3 is 0 Å². The normalized spacial score (nSPS) is 20.1. The van der Waals surface area contributed by atoms with Gasteiger partial charge < -0.3 is 4.90 Å². The molecule has 1 saturated heterocycles. The molecule has 1 unspecified atom stereocenters. The molecule has 2 aliphatic rings. The van der Waals surface area contributed by atoms with Crippen LogP contribution in [0.1, 0.15) is 59.9 Å². The molecule has 1 amide bonds. The summed E-state index contributed by atoms with van der Waals surface area (Å²) < 4.78 is 2.07. The molecule has 5 nitrogen and oxygen atoms in total. The second-order valence-electron chi connectivity index (χ2n) is 7.89. The monoisotopic (exact) mass is 386 g/mol. The van der Waals surface area contributed by atoms with E-state index in [-0.39, 0.29) is 5.91 Å². The molecule has 2 aromatic rings. The summed E-state index contributed by atoms with van der Waals surface area (Å²) in [6.07, 6.45) is 6.56. The highest BCUT2D eigenvalue weighted by Gasteiger charge is 2.32. The van der Waals surface area contributed by atoms with Gasteiger partial charge in [0.05, 0.1) is 0 Å². The third-order valence-corrected chi connectivity index (χ3v) is 6.83. The van der Waals surface area contributed by atoms with Gasteiger partial charge in [0.2, 0.25) is 0 Å². The van der Waals surface area contributed by atoms with E-state index in [1.807, 2.05) is 4.90 Å². The number of hydrogen-bond donors (Lipinski definition) is 0. The average Bonchev–Trinajstić information content (AvgIpc) is 3.35. The highest BCUT2D eigenvalue weighted by Crippen LogP contribution is 2.29. The first-order valence-corrected chi connectivity index (χ1v) is 11.2. The Labute approximate surface area is 166 Å². The van der Waals surface area contributed by atoms with Gasteiger partial charge in [0.15, 0.2) is 5.69 Å². The van der Waals surface area contributed by atoms with Crippen LogP contribution in [0.15, 0.2) is 16.8 Å². The summed E-state index contributed by atoms with van der Waals surface area (Å²) in [6, 6.07) is 2.68. The maximum Gasteiger partial charge on any atom is 0.274 e. The SMILES string of the molecule is CCn1nc(C(=O)N2CCCCC2)c2c1CCC(N(C)Cc1ccsc1)C2. The van der Waals surface area contributed by atoms with Gasteiger partial charge in [-0.25, -0.2) is 0 Å². The number of carbonyl (C=O) groups excluding carboxylic acids is 1. The molecule has 1 fully saturated rings. The molecule has 1 atom stereocenters. The standard InChI is InChI=1S/C21H30N4OS/c1-3-25-19-8-7-17(23(2)14-16-9-12-27-15-16)13-18(19)20(22-25)21(26)24-10-5-4-6-11-24/h9,12,15,17H,3-8,10-11,13-14H2,1-2H3.